The molecule has 2 N–H and O–H groups in total. The minimum absolute atomic E-state index is 0.0574. The molecule has 5 rings (SSSR count). The number of benzene rings is 3. The first-order valence-electron chi connectivity index (χ1n) is 11.4. The van der Waals surface area contributed by atoms with Crippen LogP contribution in [0, 0.1) is 0 Å². The molecule has 0 unspecified atom stereocenters. The lowest BCUT2D eigenvalue weighted by atomic mass is 10.1. The van der Waals surface area contributed by atoms with E-state index in [0.717, 1.165) is 0 Å². The largest absolute Gasteiger partial charge is 0.497 e. The Labute approximate surface area is 228 Å². The van der Waals surface area contributed by atoms with Crippen molar-refractivity contribution in [2.75, 3.05) is 17.1 Å². The van der Waals surface area contributed by atoms with Gasteiger partial charge in [-0.25, -0.2) is 8.42 Å². The number of hydrogen-bond acceptors (Lipinski definition) is 8. The van der Waals surface area contributed by atoms with Gasteiger partial charge in [-0.15, -0.1) is 0 Å². The minimum Gasteiger partial charge on any atom is -0.497 e. The molecular formula is C27H20ClN5O5S. The number of aromatic nitrogens is 3. The number of anilines is 2. The molecule has 0 radical (unpaired) electrons. The van der Waals surface area contributed by atoms with Gasteiger partial charge in [0.15, 0.2) is 0 Å². The van der Waals surface area contributed by atoms with Crippen LogP contribution in [-0.4, -0.2) is 36.6 Å². The van der Waals surface area contributed by atoms with Crippen molar-refractivity contribution in [3.63, 3.8) is 0 Å². The topological polar surface area (TPSA) is 136 Å². The molecule has 0 aliphatic heterocycles. The van der Waals surface area contributed by atoms with Gasteiger partial charge in [0, 0.05) is 41.0 Å². The summed E-state index contributed by atoms with van der Waals surface area (Å²) in [5, 5.41) is 7.07. The Bertz CT molecular complexity index is 1760. The normalized spacial score (nSPS) is 11.1. The Morgan fingerprint density at radius 1 is 0.974 bits per heavy atom. The van der Waals surface area contributed by atoms with E-state index in [1.165, 1.54) is 25.4 Å². The first-order chi connectivity index (χ1) is 18.8. The molecule has 0 aliphatic rings. The average Bonchev–Trinajstić information content (AvgIpc) is 3.44. The first-order valence-corrected chi connectivity index (χ1v) is 13.3. The highest BCUT2D eigenvalue weighted by Gasteiger charge is 2.18. The molecule has 0 spiro atoms. The average molecular weight is 562 g/mol. The van der Waals surface area contributed by atoms with Crippen LogP contribution in [0.2, 0.25) is 5.02 Å². The number of amides is 1. The van der Waals surface area contributed by atoms with Gasteiger partial charge < -0.3 is 14.6 Å². The second-order valence-electron chi connectivity index (χ2n) is 8.18. The van der Waals surface area contributed by atoms with E-state index < -0.39 is 10.0 Å². The van der Waals surface area contributed by atoms with Crippen molar-refractivity contribution >= 4 is 38.9 Å². The van der Waals surface area contributed by atoms with Crippen LogP contribution >= 0.6 is 11.6 Å². The molecule has 1 amide bonds. The maximum Gasteiger partial charge on any atom is 0.262 e. The number of methoxy groups -OCH3 is 1. The zero-order valence-electron chi connectivity index (χ0n) is 20.3. The van der Waals surface area contributed by atoms with Gasteiger partial charge in [-0.3, -0.25) is 14.5 Å². The summed E-state index contributed by atoms with van der Waals surface area (Å²) in [5.41, 5.74) is 2.18. The van der Waals surface area contributed by atoms with Crippen molar-refractivity contribution in [2.24, 2.45) is 0 Å². The predicted octanol–water partition coefficient (Wildman–Crippen LogP) is 5.51. The van der Waals surface area contributed by atoms with Gasteiger partial charge in [-0.1, -0.05) is 28.9 Å². The molecule has 2 heterocycles. The number of sulfonamides is 1. The highest BCUT2D eigenvalue weighted by molar-refractivity contribution is 7.92. The fourth-order valence-corrected chi connectivity index (χ4v) is 4.97. The third-order valence-corrected chi connectivity index (χ3v) is 7.22. The number of halogens is 1. The molecule has 0 bridgehead atoms. The number of carbonyl (C=O) groups is 1. The van der Waals surface area contributed by atoms with E-state index in [1.54, 1.807) is 72.9 Å². The maximum absolute atomic E-state index is 12.9. The smallest absolute Gasteiger partial charge is 0.262 e. The molecule has 0 fully saturated rings. The zero-order chi connectivity index (χ0) is 27.4. The Kier molecular flexibility index (Phi) is 7.26. The lowest BCUT2D eigenvalue weighted by Crippen LogP contribution is -2.13. The molecule has 196 valence electrons. The van der Waals surface area contributed by atoms with Gasteiger partial charge in [-0.2, -0.15) is 4.98 Å². The van der Waals surface area contributed by atoms with Crippen LogP contribution in [0.5, 0.6) is 5.75 Å². The Balaban J connectivity index is 1.33. The summed E-state index contributed by atoms with van der Waals surface area (Å²) >= 11 is 6.46. The van der Waals surface area contributed by atoms with Crippen molar-refractivity contribution in [3.8, 4) is 28.6 Å². The van der Waals surface area contributed by atoms with E-state index in [0.29, 0.717) is 38.8 Å². The van der Waals surface area contributed by atoms with Gasteiger partial charge in [-0.05, 0) is 60.7 Å². The van der Waals surface area contributed by atoms with Crippen LogP contribution in [0.1, 0.15) is 10.4 Å². The SMILES string of the molecule is COc1cccc(S(=O)(=O)Nc2cccc(-c3nc(-c4ccc(NC(=O)c5cccnc5)cc4Cl)no3)c2)c1. The van der Waals surface area contributed by atoms with Gasteiger partial charge in [0.1, 0.15) is 5.75 Å². The summed E-state index contributed by atoms with van der Waals surface area (Å²) in [6.45, 7) is 0. The van der Waals surface area contributed by atoms with Crippen LogP contribution in [0.15, 0.2) is 101 Å². The quantitative estimate of drug-likeness (QED) is 0.253. The van der Waals surface area contributed by atoms with Crippen LogP contribution < -0.4 is 14.8 Å². The lowest BCUT2D eigenvalue weighted by Gasteiger charge is -2.09. The van der Waals surface area contributed by atoms with Crippen molar-refractivity contribution in [2.45, 2.75) is 4.90 Å². The monoisotopic (exact) mass is 561 g/mol. The van der Waals surface area contributed by atoms with Crippen LogP contribution in [0.4, 0.5) is 11.4 Å². The number of pyridine rings is 1. The van der Waals surface area contributed by atoms with E-state index in [-0.39, 0.29) is 22.5 Å². The first kappa shape index (κ1) is 25.9. The zero-order valence-corrected chi connectivity index (χ0v) is 21.9. The van der Waals surface area contributed by atoms with Gasteiger partial charge in [0.2, 0.25) is 5.82 Å². The molecule has 3 aromatic carbocycles. The molecule has 0 saturated heterocycles. The van der Waals surface area contributed by atoms with E-state index >= 15 is 0 Å². The molecule has 0 aliphatic carbocycles. The third kappa shape index (κ3) is 5.89. The molecule has 5 aromatic rings. The molecule has 0 saturated carbocycles. The number of carbonyl (C=O) groups excluding carboxylic acids is 1. The number of nitrogens with one attached hydrogen (secondary N) is 2. The fourth-order valence-electron chi connectivity index (χ4n) is 3.62. The summed E-state index contributed by atoms with van der Waals surface area (Å²) < 4.78 is 38.8. The molecule has 12 heteroatoms. The van der Waals surface area contributed by atoms with Gasteiger partial charge in [0.05, 0.1) is 22.6 Å². The number of hydrogen-bond donors (Lipinski definition) is 2. The van der Waals surface area contributed by atoms with E-state index in [9.17, 15) is 13.2 Å². The number of rotatable bonds is 8. The number of nitrogens with zero attached hydrogens (tertiary/aromatic N) is 3. The Morgan fingerprint density at radius 3 is 2.59 bits per heavy atom. The molecule has 10 nitrogen and oxygen atoms in total. The highest BCUT2D eigenvalue weighted by Crippen LogP contribution is 2.31. The summed E-state index contributed by atoms with van der Waals surface area (Å²) in [5.74, 6) is 0.489. The number of ether oxygens (including phenoxy) is 1. The fraction of sp³-hybridized carbons (Fsp3) is 0.0370. The van der Waals surface area contributed by atoms with Crippen molar-refractivity contribution in [1.29, 1.82) is 0 Å². The summed E-state index contributed by atoms with van der Waals surface area (Å²) in [7, 11) is -2.40. The molecule has 2 aromatic heterocycles. The van der Waals surface area contributed by atoms with Gasteiger partial charge in [0.25, 0.3) is 21.8 Å². The van der Waals surface area contributed by atoms with E-state index in [1.807, 2.05) is 0 Å². The van der Waals surface area contributed by atoms with Crippen LogP contribution in [0.3, 0.4) is 0 Å². The van der Waals surface area contributed by atoms with Crippen LogP contribution in [-0.2, 0) is 10.0 Å². The predicted molar refractivity (Wildman–Crippen MR) is 146 cm³/mol. The second kappa shape index (κ2) is 10.9. The third-order valence-electron chi connectivity index (χ3n) is 5.53. The molecule has 39 heavy (non-hydrogen) atoms. The van der Waals surface area contributed by atoms with E-state index in [2.05, 4.69) is 25.2 Å². The van der Waals surface area contributed by atoms with Gasteiger partial charge >= 0.3 is 0 Å². The van der Waals surface area contributed by atoms with Crippen LogP contribution in [0.25, 0.3) is 22.8 Å². The summed E-state index contributed by atoms with van der Waals surface area (Å²) in [4.78, 5) is 20.8. The molecular weight excluding hydrogens is 542 g/mol. The van der Waals surface area contributed by atoms with Crippen molar-refractivity contribution in [1.82, 2.24) is 15.1 Å². The summed E-state index contributed by atoms with van der Waals surface area (Å²) in [6.07, 6.45) is 3.05. The standard InChI is InChI=1S/C27H20ClN5O5S/c1-37-21-8-3-9-22(15-21)39(35,36)33-20-7-2-5-17(13-20)27-31-25(32-38-27)23-11-10-19(14-24(23)28)30-26(34)18-6-4-12-29-16-18/h2-16,33H,1H3,(H,30,34). The van der Waals surface area contributed by atoms with E-state index in [4.69, 9.17) is 20.9 Å². The van der Waals surface area contributed by atoms with Crippen molar-refractivity contribution in [3.05, 3.63) is 102 Å². The summed E-state index contributed by atoms with van der Waals surface area (Å²) in [6, 6.07) is 20.9. The Morgan fingerprint density at radius 2 is 1.82 bits per heavy atom. The molecule has 0 atom stereocenters. The van der Waals surface area contributed by atoms with Crippen molar-refractivity contribution < 1.29 is 22.5 Å². The highest BCUT2D eigenvalue weighted by atomic mass is 35.5. The maximum atomic E-state index is 12.9. The lowest BCUT2D eigenvalue weighted by molar-refractivity contribution is 0.102. The minimum atomic E-state index is -3.87. The Hall–Kier alpha value is -4.74. The second-order valence-corrected chi connectivity index (χ2v) is 10.3.